The van der Waals surface area contributed by atoms with Crippen LogP contribution in [0.5, 0.6) is 0 Å². The average Bonchev–Trinajstić information content (AvgIpc) is 2.48. The fraction of sp³-hybridized carbons (Fsp3) is 0. The maximum atomic E-state index is 11.3. The number of nitrogens with one attached hydrogen (secondary N) is 1. The van der Waals surface area contributed by atoms with E-state index >= 15 is 0 Å². The molecule has 118 valence electrons. The van der Waals surface area contributed by atoms with Crippen molar-refractivity contribution in [1.82, 2.24) is 0 Å². The molecule has 0 aromatic heterocycles. The van der Waals surface area contributed by atoms with E-state index < -0.39 is 32.8 Å². The molecule has 2 rings (SSSR count). The number of carboxylic acids is 1. The third-order valence-electron chi connectivity index (χ3n) is 2.85. The van der Waals surface area contributed by atoms with Crippen LogP contribution < -0.4 is 5.32 Å². The highest BCUT2D eigenvalue weighted by Gasteiger charge is 2.27. The van der Waals surface area contributed by atoms with Gasteiger partial charge in [0.1, 0.15) is 5.69 Å². The molecule has 0 bridgehead atoms. The van der Waals surface area contributed by atoms with Gasteiger partial charge >= 0.3 is 5.97 Å². The summed E-state index contributed by atoms with van der Waals surface area (Å²) in [5, 5.41) is 34.2. The summed E-state index contributed by atoms with van der Waals surface area (Å²) in [4.78, 5) is 31.5. The molecule has 0 atom stereocenters. The molecule has 0 aliphatic rings. The van der Waals surface area contributed by atoms with E-state index in [2.05, 4.69) is 5.32 Å². The van der Waals surface area contributed by atoms with Crippen LogP contribution in [0.15, 0.2) is 36.4 Å². The number of non-ortho nitro benzene ring substituents is 1. The molecular weight excluding hydrogens is 330 g/mol. The molecule has 2 aromatic carbocycles. The van der Waals surface area contributed by atoms with E-state index in [4.69, 9.17) is 11.6 Å². The van der Waals surface area contributed by atoms with Crippen molar-refractivity contribution in [1.29, 1.82) is 0 Å². The largest absolute Gasteiger partial charge is 0.478 e. The van der Waals surface area contributed by atoms with Crippen molar-refractivity contribution in [3.8, 4) is 0 Å². The van der Waals surface area contributed by atoms with E-state index in [0.29, 0.717) is 16.8 Å². The summed E-state index contributed by atoms with van der Waals surface area (Å²) in [6.45, 7) is 0. The first kappa shape index (κ1) is 16.2. The van der Waals surface area contributed by atoms with Gasteiger partial charge in [0, 0.05) is 16.8 Å². The van der Waals surface area contributed by atoms with Crippen molar-refractivity contribution in [2.24, 2.45) is 0 Å². The van der Waals surface area contributed by atoms with Crippen LogP contribution in [0.3, 0.4) is 0 Å². The van der Waals surface area contributed by atoms with Crippen LogP contribution in [0.2, 0.25) is 5.02 Å². The van der Waals surface area contributed by atoms with Gasteiger partial charge in [0.05, 0.1) is 21.5 Å². The molecular formula is C13H8ClN3O6. The van der Waals surface area contributed by atoms with E-state index in [9.17, 15) is 30.1 Å². The molecule has 0 aliphatic heterocycles. The summed E-state index contributed by atoms with van der Waals surface area (Å²) in [5.74, 6) is -1.53. The summed E-state index contributed by atoms with van der Waals surface area (Å²) in [5.41, 5.74) is -1.99. The van der Waals surface area contributed by atoms with Crippen molar-refractivity contribution in [2.75, 3.05) is 5.32 Å². The quantitative estimate of drug-likeness (QED) is 0.628. The Balaban J connectivity index is 2.63. The van der Waals surface area contributed by atoms with Gasteiger partial charge in [-0.05, 0) is 24.3 Å². The second kappa shape index (κ2) is 6.28. The SMILES string of the molecule is O=C(O)c1cc([N+](=O)[O-])cc([N+](=O)[O-])c1Nc1ccc(Cl)cc1. The third-order valence-corrected chi connectivity index (χ3v) is 3.11. The number of halogens is 1. The molecule has 0 spiro atoms. The molecule has 0 aliphatic carbocycles. The lowest BCUT2D eigenvalue weighted by atomic mass is 10.1. The smallest absolute Gasteiger partial charge is 0.338 e. The van der Waals surface area contributed by atoms with Crippen molar-refractivity contribution < 1.29 is 19.7 Å². The lowest BCUT2D eigenvalue weighted by Crippen LogP contribution is -2.07. The average molecular weight is 338 g/mol. The molecule has 0 saturated heterocycles. The van der Waals surface area contributed by atoms with E-state index in [1.165, 1.54) is 24.3 Å². The van der Waals surface area contributed by atoms with Gasteiger partial charge in [-0.2, -0.15) is 0 Å². The first-order valence-electron chi connectivity index (χ1n) is 6.02. The monoisotopic (exact) mass is 337 g/mol. The maximum Gasteiger partial charge on any atom is 0.338 e. The van der Waals surface area contributed by atoms with Gasteiger partial charge in [-0.15, -0.1) is 0 Å². The lowest BCUT2D eigenvalue weighted by Gasteiger charge is -2.10. The highest BCUT2D eigenvalue weighted by Crippen LogP contribution is 2.35. The van der Waals surface area contributed by atoms with Gasteiger partial charge in [-0.1, -0.05) is 11.6 Å². The Morgan fingerprint density at radius 2 is 1.70 bits per heavy atom. The van der Waals surface area contributed by atoms with Gasteiger partial charge in [-0.3, -0.25) is 20.2 Å². The van der Waals surface area contributed by atoms with Crippen LogP contribution in [0.25, 0.3) is 0 Å². The molecule has 23 heavy (non-hydrogen) atoms. The number of aromatic carboxylic acids is 1. The number of benzene rings is 2. The van der Waals surface area contributed by atoms with Crippen LogP contribution >= 0.6 is 11.6 Å². The molecule has 9 nitrogen and oxygen atoms in total. The molecule has 2 N–H and O–H groups in total. The molecule has 0 radical (unpaired) electrons. The molecule has 2 aromatic rings. The third kappa shape index (κ3) is 3.52. The highest BCUT2D eigenvalue weighted by atomic mass is 35.5. The molecule has 10 heteroatoms. The number of carboxylic acid groups (broad SMARTS) is 1. The first-order chi connectivity index (χ1) is 10.8. The minimum absolute atomic E-state index is 0.342. The minimum atomic E-state index is -1.53. The normalized spacial score (nSPS) is 10.1. The van der Waals surface area contributed by atoms with E-state index in [-0.39, 0.29) is 5.69 Å². The molecule has 0 unspecified atom stereocenters. The standard InChI is InChI=1S/C13H8ClN3O6/c14-7-1-3-8(4-2-7)15-12-10(13(18)19)5-9(16(20)21)6-11(12)17(22)23/h1-6,15H,(H,18,19). The summed E-state index contributed by atoms with van der Waals surface area (Å²) in [6.07, 6.45) is 0. The number of nitro groups is 2. The molecule has 0 fully saturated rings. The maximum absolute atomic E-state index is 11.3. The Bertz CT molecular complexity index is 771. The number of hydrogen-bond donors (Lipinski definition) is 2. The molecule has 0 amide bonds. The Labute approximate surface area is 133 Å². The van der Waals surface area contributed by atoms with Gasteiger partial charge in [-0.25, -0.2) is 4.79 Å². The van der Waals surface area contributed by atoms with Gasteiger partial charge in [0.15, 0.2) is 0 Å². The van der Waals surface area contributed by atoms with Crippen LogP contribution in [-0.4, -0.2) is 20.9 Å². The predicted octanol–water partition coefficient (Wildman–Crippen LogP) is 3.60. The fourth-order valence-corrected chi connectivity index (χ4v) is 1.96. The summed E-state index contributed by atoms with van der Waals surface area (Å²) in [6, 6.07) is 7.43. The highest BCUT2D eigenvalue weighted by molar-refractivity contribution is 6.30. The second-order valence-corrected chi connectivity index (χ2v) is 4.78. The number of anilines is 2. The van der Waals surface area contributed by atoms with E-state index in [1.807, 2.05) is 0 Å². The van der Waals surface area contributed by atoms with Crippen molar-refractivity contribution in [2.45, 2.75) is 0 Å². The minimum Gasteiger partial charge on any atom is -0.478 e. The zero-order chi connectivity index (χ0) is 17.1. The molecule has 0 saturated carbocycles. The van der Waals surface area contributed by atoms with Gasteiger partial charge in [0.2, 0.25) is 0 Å². The zero-order valence-electron chi connectivity index (χ0n) is 11.2. The Kier molecular flexibility index (Phi) is 4.42. The topological polar surface area (TPSA) is 136 Å². The van der Waals surface area contributed by atoms with Crippen LogP contribution in [-0.2, 0) is 0 Å². The van der Waals surface area contributed by atoms with Crippen LogP contribution in [0, 0.1) is 20.2 Å². The lowest BCUT2D eigenvalue weighted by molar-refractivity contribution is -0.393. The summed E-state index contributed by atoms with van der Waals surface area (Å²) in [7, 11) is 0. The summed E-state index contributed by atoms with van der Waals surface area (Å²) >= 11 is 5.73. The Hall–Kier alpha value is -3.20. The van der Waals surface area contributed by atoms with E-state index in [1.54, 1.807) is 0 Å². The zero-order valence-corrected chi connectivity index (χ0v) is 12.0. The van der Waals surface area contributed by atoms with Gasteiger partial charge < -0.3 is 10.4 Å². The fourth-order valence-electron chi connectivity index (χ4n) is 1.84. The van der Waals surface area contributed by atoms with Crippen molar-refractivity contribution in [3.63, 3.8) is 0 Å². The van der Waals surface area contributed by atoms with E-state index in [0.717, 1.165) is 6.07 Å². The predicted molar refractivity (Wildman–Crippen MR) is 81.4 cm³/mol. The molecule has 0 heterocycles. The Morgan fingerprint density at radius 3 is 2.17 bits per heavy atom. The second-order valence-electron chi connectivity index (χ2n) is 4.34. The van der Waals surface area contributed by atoms with Gasteiger partial charge in [0.25, 0.3) is 11.4 Å². The summed E-state index contributed by atoms with van der Waals surface area (Å²) < 4.78 is 0. The van der Waals surface area contributed by atoms with Crippen molar-refractivity contribution in [3.05, 3.63) is 67.2 Å². The first-order valence-corrected chi connectivity index (χ1v) is 6.40. The number of nitro benzene ring substituents is 2. The number of nitrogens with zero attached hydrogens (tertiary/aromatic N) is 2. The van der Waals surface area contributed by atoms with Crippen molar-refractivity contribution >= 4 is 40.3 Å². The number of rotatable bonds is 5. The van der Waals surface area contributed by atoms with Crippen LogP contribution in [0.4, 0.5) is 22.7 Å². The Morgan fingerprint density at radius 1 is 1.09 bits per heavy atom. The van der Waals surface area contributed by atoms with Crippen LogP contribution in [0.1, 0.15) is 10.4 Å². The number of carbonyl (C=O) groups is 1. The number of hydrogen-bond acceptors (Lipinski definition) is 6.